The average Bonchev–Trinajstić information content (AvgIpc) is 2.72. The molecule has 0 radical (unpaired) electrons. The van der Waals surface area contributed by atoms with Crippen molar-refractivity contribution in [1.29, 1.82) is 0 Å². The summed E-state index contributed by atoms with van der Waals surface area (Å²) in [7, 11) is -2.14. The average molecular weight is 425 g/mol. The molecule has 2 aromatic carbocycles. The number of methoxy groups -OCH3 is 1. The van der Waals surface area contributed by atoms with Crippen molar-refractivity contribution >= 4 is 15.8 Å². The molecule has 156 valence electrons. The van der Waals surface area contributed by atoms with E-state index in [0.29, 0.717) is 5.56 Å². The zero-order valence-corrected chi connectivity index (χ0v) is 18.2. The maximum absolute atomic E-state index is 12.8. The minimum atomic E-state index is -3.75. The largest absolute Gasteiger partial charge is 0.497 e. The highest BCUT2D eigenvalue weighted by Gasteiger charge is 2.18. The molecule has 0 spiro atoms. The van der Waals surface area contributed by atoms with Crippen molar-refractivity contribution in [2.45, 2.75) is 32.2 Å². The van der Waals surface area contributed by atoms with Crippen molar-refractivity contribution in [2.75, 3.05) is 7.11 Å². The lowest BCUT2D eigenvalue weighted by Crippen LogP contribution is -2.24. The van der Waals surface area contributed by atoms with Crippen LogP contribution in [0.1, 0.15) is 34.1 Å². The Balaban J connectivity index is 1.91. The number of carbonyl (C=O) groups excluding carboxylic acids is 1. The lowest BCUT2D eigenvalue weighted by atomic mass is 10.0. The standard InChI is InChI=1S/C23H24N2O4S/c1-15-13-16(2)25-23(19-5-9-20(29-4)10-6-19)22(15)14-24-30(27,28)21-11-7-18(8-12-21)17(3)26/h5-13,24H,14H2,1-4H3. The van der Waals surface area contributed by atoms with Crippen LogP contribution in [0.2, 0.25) is 0 Å². The number of ether oxygens (including phenoxy) is 1. The summed E-state index contributed by atoms with van der Waals surface area (Å²) in [4.78, 5) is 16.2. The van der Waals surface area contributed by atoms with E-state index in [1.54, 1.807) is 7.11 Å². The van der Waals surface area contributed by atoms with Crippen LogP contribution in [0.3, 0.4) is 0 Å². The summed E-state index contributed by atoms with van der Waals surface area (Å²) < 4.78 is 33.4. The third-order valence-corrected chi connectivity index (χ3v) is 6.27. The van der Waals surface area contributed by atoms with Gasteiger partial charge in [-0.3, -0.25) is 9.78 Å². The molecule has 0 unspecified atom stereocenters. The fourth-order valence-electron chi connectivity index (χ4n) is 3.19. The number of carbonyl (C=O) groups is 1. The molecule has 0 aliphatic heterocycles. The number of aromatic nitrogens is 1. The Bertz CT molecular complexity index is 1170. The van der Waals surface area contributed by atoms with Gasteiger partial charge in [0.15, 0.2) is 5.78 Å². The van der Waals surface area contributed by atoms with E-state index in [2.05, 4.69) is 9.71 Å². The molecule has 0 amide bonds. The number of nitrogens with one attached hydrogen (secondary N) is 1. The number of rotatable bonds is 7. The summed E-state index contributed by atoms with van der Waals surface area (Å²) >= 11 is 0. The fourth-order valence-corrected chi connectivity index (χ4v) is 4.19. The van der Waals surface area contributed by atoms with E-state index in [-0.39, 0.29) is 17.2 Å². The topological polar surface area (TPSA) is 85.4 Å². The van der Waals surface area contributed by atoms with Crippen LogP contribution in [0.15, 0.2) is 59.5 Å². The van der Waals surface area contributed by atoms with E-state index in [1.807, 2.05) is 44.2 Å². The molecule has 1 N–H and O–H groups in total. The molecule has 1 aromatic heterocycles. The molecular weight excluding hydrogens is 400 g/mol. The van der Waals surface area contributed by atoms with Gasteiger partial charge < -0.3 is 4.74 Å². The number of Topliss-reactive ketones (excluding diaryl/α,β-unsaturated/α-hetero) is 1. The molecule has 3 aromatic rings. The number of sulfonamides is 1. The Morgan fingerprint density at radius 3 is 2.23 bits per heavy atom. The van der Waals surface area contributed by atoms with Crippen LogP contribution >= 0.6 is 0 Å². The van der Waals surface area contributed by atoms with Gasteiger partial charge in [-0.1, -0.05) is 12.1 Å². The molecule has 7 heteroatoms. The Morgan fingerprint density at radius 1 is 1.03 bits per heavy atom. The number of ketones is 1. The highest BCUT2D eigenvalue weighted by Crippen LogP contribution is 2.27. The van der Waals surface area contributed by atoms with Crippen molar-refractivity contribution in [3.05, 3.63) is 77.0 Å². The number of pyridine rings is 1. The van der Waals surface area contributed by atoms with E-state index < -0.39 is 10.0 Å². The second kappa shape index (κ2) is 8.77. The number of nitrogens with zero attached hydrogens (tertiary/aromatic N) is 1. The van der Waals surface area contributed by atoms with Crippen molar-refractivity contribution in [3.63, 3.8) is 0 Å². The first-order valence-electron chi connectivity index (χ1n) is 9.43. The predicted molar refractivity (Wildman–Crippen MR) is 116 cm³/mol. The number of aryl methyl sites for hydroxylation is 2. The molecular formula is C23H24N2O4S. The first-order valence-corrected chi connectivity index (χ1v) is 10.9. The van der Waals surface area contributed by atoms with E-state index in [1.165, 1.54) is 31.2 Å². The van der Waals surface area contributed by atoms with Crippen molar-refractivity contribution in [1.82, 2.24) is 9.71 Å². The van der Waals surface area contributed by atoms with Crippen LogP contribution in [0.25, 0.3) is 11.3 Å². The van der Waals surface area contributed by atoms with Gasteiger partial charge in [-0.25, -0.2) is 13.1 Å². The lowest BCUT2D eigenvalue weighted by Gasteiger charge is -2.15. The summed E-state index contributed by atoms with van der Waals surface area (Å²) in [5.41, 5.74) is 4.67. The minimum Gasteiger partial charge on any atom is -0.497 e. The van der Waals surface area contributed by atoms with E-state index >= 15 is 0 Å². The van der Waals surface area contributed by atoms with Crippen molar-refractivity contribution in [2.24, 2.45) is 0 Å². The Hall–Kier alpha value is -3.03. The minimum absolute atomic E-state index is 0.0945. The second-order valence-electron chi connectivity index (χ2n) is 7.04. The molecule has 0 saturated carbocycles. The first-order chi connectivity index (χ1) is 14.2. The summed E-state index contributed by atoms with van der Waals surface area (Å²) in [5.74, 6) is 0.622. The van der Waals surface area contributed by atoms with Gasteiger partial charge in [0.2, 0.25) is 10.0 Å². The second-order valence-corrected chi connectivity index (χ2v) is 8.81. The highest BCUT2D eigenvalue weighted by molar-refractivity contribution is 7.89. The smallest absolute Gasteiger partial charge is 0.240 e. The molecule has 1 heterocycles. The molecule has 0 aliphatic rings. The zero-order chi connectivity index (χ0) is 21.9. The lowest BCUT2D eigenvalue weighted by molar-refractivity contribution is 0.101. The Kier molecular flexibility index (Phi) is 6.34. The third-order valence-electron chi connectivity index (χ3n) is 4.85. The summed E-state index contributed by atoms with van der Waals surface area (Å²) in [5, 5.41) is 0. The van der Waals surface area contributed by atoms with Gasteiger partial charge in [-0.05, 0) is 74.4 Å². The number of hydrogen-bond acceptors (Lipinski definition) is 5. The predicted octanol–water partition coefficient (Wildman–Crippen LogP) is 4.06. The maximum atomic E-state index is 12.8. The molecule has 0 saturated heterocycles. The Morgan fingerprint density at radius 2 is 1.67 bits per heavy atom. The molecule has 0 bridgehead atoms. The van der Waals surface area contributed by atoms with Crippen LogP contribution < -0.4 is 9.46 Å². The number of hydrogen-bond donors (Lipinski definition) is 1. The molecule has 0 aliphatic carbocycles. The molecule has 30 heavy (non-hydrogen) atoms. The molecule has 3 rings (SSSR count). The summed E-state index contributed by atoms with van der Waals surface area (Å²) in [6.45, 7) is 5.38. The maximum Gasteiger partial charge on any atom is 0.240 e. The van der Waals surface area contributed by atoms with Crippen LogP contribution in [0.4, 0.5) is 0 Å². The highest BCUT2D eigenvalue weighted by atomic mass is 32.2. The number of benzene rings is 2. The van der Waals surface area contributed by atoms with Crippen molar-refractivity contribution < 1.29 is 17.9 Å². The van der Waals surface area contributed by atoms with Gasteiger partial charge in [0.05, 0.1) is 17.7 Å². The Labute approximate surface area is 177 Å². The van der Waals surface area contributed by atoms with Crippen molar-refractivity contribution in [3.8, 4) is 17.0 Å². The van der Waals surface area contributed by atoms with Gasteiger partial charge in [0.1, 0.15) is 5.75 Å². The SMILES string of the molecule is COc1ccc(-c2nc(C)cc(C)c2CNS(=O)(=O)c2ccc(C(C)=O)cc2)cc1. The van der Waals surface area contributed by atoms with Gasteiger partial charge in [0, 0.05) is 23.4 Å². The quantitative estimate of drug-likeness (QED) is 0.578. The first kappa shape index (κ1) is 21.7. The van der Waals surface area contributed by atoms with Gasteiger partial charge in [-0.2, -0.15) is 0 Å². The normalized spacial score (nSPS) is 11.3. The van der Waals surface area contributed by atoms with Crippen LogP contribution in [0, 0.1) is 13.8 Å². The molecule has 0 fully saturated rings. The van der Waals surface area contributed by atoms with Gasteiger partial charge in [-0.15, -0.1) is 0 Å². The van der Waals surface area contributed by atoms with E-state index in [4.69, 9.17) is 4.74 Å². The van der Waals surface area contributed by atoms with Crippen LogP contribution in [0.5, 0.6) is 5.75 Å². The van der Waals surface area contributed by atoms with E-state index in [0.717, 1.165) is 33.8 Å². The summed E-state index contributed by atoms with van der Waals surface area (Å²) in [6, 6.07) is 15.3. The molecule has 0 atom stereocenters. The monoisotopic (exact) mass is 424 g/mol. The van der Waals surface area contributed by atoms with Crippen LogP contribution in [-0.4, -0.2) is 26.3 Å². The van der Waals surface area contributed by atoms with E-state index in [9.17, 15) is 13.2 Å². The van der Waals surface area contributed by atoms with Gasteiger partial charge in [0.25, 0.3) is 0 Å². The van der Waals surface area contributed by atoms with Crippen LogP contribution in [-0.2, 0) is 16.6 Å². The zero-order valence-electron chi connectivity index (χ0n) is 17.4. The fraction of sp³-hybridized carbons (Fsp3) is 0.217. The molecule has 6 nitrogen and oxygen atoms in total. The van der Waals surface area contributed by atoms with Gasteiger partial charge >= 0.3 is 0 Å². The summed E-state index contributed by atoms with van der Waals surface area (Å²) in [6.07, 6.45) is 0. The third kappa shape index (κ3) is 4.75.